The predicted octanol–water partition coefficient (Wildman–Crippen LogP) is 3.79. The van der Waals surface area contributed by atoms with Crippen molar-refractivity contribution in [1.29, 1.82) is 0 Å². The molecule has 134 valence electrons. The number of rotatable bonds is 7. The van der Waals surface area contributed by atoms with Crippen molar-refractivity contribution in [2.45, 2.75) is 18.4 Å². The van der Waals surface area contributed by atoms with Crippen molar-refractivity contribution < 1.29 is 14.1 Å². The lowest BCUT2D eigenvalue weighted by atomic mass is 10.2. The van der Waals surface area contributed by atoms with Crippen molar-refractivity contribution in [3.63, 3.8) is 0 Å². The van der Waals surface area contributed by atoms with E-state index in [1.54, 1.807) is 18.9 Å². The van der Waals surface area contributed by atoms with Gasteiger partial charge in [-0.2, -0.15) is 4.98 Å². The van der Waals surface area contributed by atoms with Crippen LogP contribution in [0.4, 0.5) is 0 Å². The highest BCUT2D eigenvalue weighted by Crippen LogP contribution is 2.23. The Labute approximate surface area is 156 Å². The summed E-state index contributed by atoms with van der Waals surface area (Å²) in [6.45, 7) is 2.22. The first kappa shape index (κ1) is 18.0. The maximum Gasteiger partial charge on any atom is 0.252 e. The summed E-state index contributed by atoms with van der Waals surface area (Å²) in [6.07, 6.45) is 0. The Bertz CT molecular complexity index is 895. The molecule has 3 rings (SSSR count). The summed E-state index contributed by atoms with van der Waals surface area (Å²) in [5.41, 5.74) is 1.43. The van der Waals surface area contributed by atoms with Gasteiger partial charge in [-0.15, -0.1) is 11.8 Å². The number of nitrogens with one attached hydrogen (secondary N) is 1. The van der Waals surface area contributed by atoms with E-state index in [4.69, 9.17) is 9.26 Å². The lowest BCUT2D eigenvalue weighted by Crippen LogP contribution is -2.23. The van der Waals surface area contributed by atoms with E-state index in [1.807, 2.05) is 48.5 Å². The molecule has 0 atom stereocenters. The SMILES string of the molecule is CCSc1ccccc1C(=O)NCc1nc(-c2cccc(OC)c2)no1. The molecular formula is C19H19N3O3S. The van der Waals surface area contributed by atoms with Crippen molar-refractivity contribution in [3.05, 3.63) is 60.0 Å². The minimum atomic E-state index is -0.164. The number of thioether (sulfide) groups is 1. The molecule has 0 bridgehead atoms. The fourth-order valence-electron chi connectivity index (χ4n) is 2.39. The van der Waals surface area contributed by atoms with E-state index in [0.717, 1.165) is 16.2 Å². The average Bonchev–Trinajstić information content (AvgIpc) is 3.16. The second-order valence-electron chi connectivity index (χ2n) is 5.36. The summed E-state index contributed by atoms with van der Waals surface area (Å²) >= 11 is 1.63. The fourth-order valence-corrected chi connectivity index (χ4v) is 3.19. The van der Waals surface area contributed by atoms with Gasteiger partial charge in [0.25, 0.3) is 5.91 Å². The highest BCUT2D eigenvalue weighted by molar-refractivity contribution is 7.99. The standard InChI is InChI=1S/C19H19N3O3S/c1-3-26-16-10-5-4-9-15(16)19(23)20-12-17-21-18(22-25-17)13-7-6-8-14(11-13)24-2/h4-11H,3,12H2,1-2H3,(H,20,23). The van der Waals surface area contributed by atoms with E-state index in [1.165, 1.54) is 0 Å². The van der Waals surface area contributed by atoms with E-state index in [9.17, 15) is 4.79 Å². The Hall–Kier alpha value is -2.80. The van der Waals surface area contributed by atoms with Crippen LogP contribution in [0.5, 0.6) is 5.75 Å². The molecule has 0 spiro atoms. The molecule has 0 unspecified atom stereocenters. The molecule has 6 nitrogen and oxygen atoms in total. The molecule has 1 aromatic heterocycles. The Morgan fingerprint density at radius 2 is 2.08 bits per heavy atom. The first-order valence-corrected chi connectivity index (χ1v) is 9.17. The molecule has 1 amide bonds. The number of hydrogen-bond donors (Lipinski definition) is 1. The minimum Gasteiger partial charge on any atom is -0.497 e. The number of methoxy groups -OCH3 is 1. The molecule has 0 radical (unpaired) electrons. The van der Waals surface area contributed by atoms with Crippen LogP contribution in [0.25, 0.3) is 11.4 Å². The molecule has 3 aromatic rings. The zero-order valence-corrected chi connectivity index (χ0v) is 15.4. The third-order valence-corrected chi connectivity index (χ3v) is 4.58. The van der Waals surface area contributed by atoms with Crippen LogP contribution in [-0.2, 0) is 6.54 Å². The van der Waals surface area contributed by atoms with Crippen molar-refractivity contribution in [1.82, 2.24) is 15.5 Å². The maximum atomic E-state index is 12.4. The Morgan fingerprint density at radius 3 is 2.88 bits per heavy atom. The van der Waals surface area contributed by atoms with Crippen molar-refractivity contribution in [2.24, 2.45) is 0 Å². The van der Waals surface area contributed by atoms with Crippen LogP contribution < -0.4 is 10.1 Å². The number of carbonyl (C=O) groups is 1. The second-order valence-corrected chi connectivity index (χ2v) is 6.66. The minimum absolute atomic E-state index is 0.164. The van der Waals surface area contributed by atoms with Crippen LogP contribution in [0.15, 0.2) is 57.9 Å². The Kier molecular flexibility index (Phi) is 5.91. The summed E-state index contributed by atoms with van der Waals surface area (Å²) in [6, 6.07) is 14.9. The van der Waals surface area contributed by atoms with Gasteiger partial charge in [0.2, 0.25) is 11.7 Å². The lowest BCUT2D eigenvalue weighted by molar-refractivity contribution is 0.0943. The Balaban J connectivity index is 1.67. The number of carbonyl (C=O) groups excluding carboxylic acids is 1. The van der Waals surface area contributed by atoms with E-state index >= 15 is 0 Å². The highest BCUT2D eigenvalue weighted by atomic mass is 32.2. The van der Waals surface area contributed by atoms with Gasteiger partial charge in [0.1, 0.15) is 5.75 Å². The molecule has 26 heavy (non-hydrogen) atoms. The summed E-state index contributed by atoms with van der Waals surface area (Å²) in [5.74, 6) is 2.25. The molecule has 0 aliphatic rings. The van der Waals surface area contributed by atoms with E-state index in [-0.39, 0.29) is 12.5 Å². The van der Waals surface area contributed by atoms with Gasteiger partial charge < -0.3 is 14.6 Å². The third-order valence-electron chi connectivity index (χ3n) is 3.63. The maximum absolute atomic E-state index is 12.4. The van der Waals surface area contributed by atoms with Gasteiger partial charge >= 0.3 is 0 Å². The van der Waals surface area contributed by atoms with Crippen LogP contribution in [0, 0.1) is 0 Å². The van der Waals surface area contributed by atoms with Crippen LogP contribution in [0.3, 0.4) is 0 Å². The molecule has 0 fully saturated rings. The van der Waals surface area contributed by atoms with Gasteiger partial charge in [-0.05, 0) is 30.0 Å². The van der Waals surface area contributed by atoms with Crippen LogP contribution in [0.1, 0.15) is 23.2 Å². The number of hydrogen-bond acceptors (Lipinski definition) is 6. The quantitative estimate of drug-likeness (QED) is 0.639. The van der Waals surface area contributed by atoms with Gasteiger partial charge in [-0.1, -0.05) is 36.3 Å². The number of aromatic nitrogens is 2. The summed E-state index contributed by atoms with van der Waals surface area (Å²) < 4.78 is 10.4. The topological polar surface area (TPSA) is 77.2 Å². The number of nitrogens with zero attached hydrogens (tertiary/aromatic N) is 2. The zero-order valence-electron chi connectivity index (χ0n) is 14.6. The molecule has 0 aliphatic carbocycles. The molecular weight excluding hydrogens is 350 g/mol. The molecule has 0 saturated heterocycles. The average molecular weight is 369 g/mol. The lowest BCUT2D eigenvalue weighted by Gasteiger charge is -2.07. The summed E-state index contributed by atoms with van der Waals surface area (Å²) in [7, 11) is 1.60. The van der Waals surface area contributed by atoms with E-state index < -0.39 is 0 Å². The van der Waals surface area contributed by atoms with Gasteiger partial charge in [-0.25, -0.2) is 0 Å². The van der Waals surface area contributed by atoms with Gasteiger partial charge in [0, 0.05) is 10.5 Å². The van der Waals surface area contributed by atoms with Crippen LogP contribution >= 0.6 is 11.8 Å². The van der Waals surface area contributed by atoms with Crippen molar-refractivity contribution in [3.8, 4) is 17.1 Å². The fraction of sp³-hybridized carbons (Fsp3) is 0.211. The molecule has 0 aliphatic heterocycles. The van der Waals surface area contributed by atoms with Crippen LogP contribution in [-0.4, -0.2) is 28.9 Å². The predicted molar refractivity (Wildman–Crippen MR) is 100 cm³/mol. The van der Waals surface area contributed by atoms with Crippen LogP contribution in [0.2, 0.25) is 0 Å². The second kappa shape index (κ2) is 8.53. The van der Waals surface area contributed by atoms with Crippen molar-refractivity contribution in [2.75, 3.05) is 12.9 Å². The molecule has 0 saturated carbocycles. The normalized spacial score (nSPS) is 10.5. The highest BCUT2D eigenvalue weighted by Gasteiger charge is 2.13. The van der Waals surface area contributed by atoms with Gasteiger partial charge in [0.05, 0.1) is 19.2 Å². The molecule has 2 aromatic carbocycles. The Morgan fingerprint density at radius 1 is 1.23 bits per heavy atom. The molecule has 7 heteroatoms. The van der Waals surface area contributed by atoms with Gasteiger partial charge in [-0.3, -0.25) is 4.79 Å². The number of amides is 1. The monoisotopic (exact) mass is 369 g/mol. The summed E-state index contributed by atoms with van der Waals surface area (Å²) in [4.78, 5) is 17.7. The van der Waals surface area contributed by atoms with Crippen molar-refractivity contribution >= 4 is 17.7 Å². The summed E-state index contributed by atoms with van der Waals surface area (Å²) in [5, 5.41) is 6.79. The first-order chi connectivity index (χ1) is 12.7. The zero-order chi connectivity index (χ0) is 18.4. The molecule has 1 heterocycles. The number of benzene rings is 2. The molecule has 1 N–H and O–H groups in total. The number of ether oxygens (including phenoxy) is 1. The smallest absolute Gasteiger partial charge is 0.252 e. The third kappa shape index (κ3) is 4.23. The van der Waals surface area contributed by atoms with E-state index in [2.05, 4.69) is 22.4 Å². The first-order valence-electron chi connectivity index (χ1n) is 8.18. The largest absolute Gasteiger partial charge is 0.497 e. The van der Waals surface area contributed by atoms with E-state index in [0.29, 0.717) is 23.0 Å². The van der Waals surface area contributed by atoms with Gasteiger partial charge in [0.15, 0.2) is 0 Å².